The number of rotatable bonds is 3. The molecule has 0 bridgehead atoms. The van der Waals surface area contributed by atoms with Crippen molar-refractivity contribution in [2.24, 2.45) is 0 Å². The smallest absolute Gasteiger partial charge is 0.192 e. The van der Waals surface area contributed by atoms with Gasteiger partial charge in [-0.1, -0.05) is 15.9 Å². The largest absolute Gasteiger partial charge is 0.441 e. The van der Waals surface area contributed by atoms with E-state index >= 15 is 0 Å². The van der Waals surface area contributed by atoms with Crippen LogP contribution in [0, 0.1) is 6.92 Å². The van der Waals surface area contributed by atoms with E-state index in [2.05, 4.69) is 32.3 Å². The Bertz CT molecular complexity index is 479. The Morgan fingerprint density at radius 3 is 3.00 bits per heavy atom. The fourth-order valence-corrected chi connectivity index (χ4v) is 2.09. The van der Waals surface area contributed by atoms with Crippen molar-refractivity contribution in [1.29, 1.82) is 0 Å². The number of oxazole rings is 1. The van der Waals surface area contributed by atoms with E-state index in [1.807, 2.05) is 20.0 Å². The number of likely N-dealkylation sites (N-methyl/N-ethyl adjacent to an activating group) is 1. The molecule has 0 saturated carbocycles. The predicted octanol–water partition coefficient (Wildman–Crippen LogP) is 2.66. The number of fused-ring (bicyclic) bond motifs is 1. The number of aryl methyl sites for hydroxylation is 1. The summed E-state index contributed by atoms with van der Waals surface area (Å²) in [5, 5.41) is 3.13. The zero-order chi connectivity index (χ0) is 10.8. The molecule has 0 aliphatic heterocycles. The lowest BCUT2D eigenvalue weighted by Crippen LogP contribution is -2.10. The average Bonchev–Trinajstić information content (AvgIpc) is 2.53. The van der Waals surface area contributed by atoms with Crippen LogP contribution in [0.25, 0.3) is 11.1 Å². The molecule has 0 amide bonds. The van der Waals surface area contributed by atoms with Gasteiger partial charge in [-0.2, -0.15) is 0 Å². The summed E-state index contributed by atoms with van der Waals surface area (Å²) in [6.07, 6.45) is 0.979. The van der Waals surface area contributed by atoms with E-state index in [1.54, 1.807) is 0 Å². The first-order chi connectivity index (χ1) is 7.20. The minimum Gasteiger partial charge on any atom is -0.441 e. The number of benzene rings is 1. The molecule has 2 rings (SSSR count). The maximum Gasteiger partial charge on any atom is 0.192 e. The van der Waals surface area contributed by atoms with Gasteiger partial charge in [-0.3, -0.25) is 0 Å². The molecule has 1 aromatic heterocycles. The van der Waals surface area contributed by atoms with Crippen molar-refractivity contribution in [3.8, 4) is 0 Å². The third kappa shape index (κ3) is 2.21. The summed E-state index contributed by atoms with van der Waals surface area (Å²) < 4.78 is 6.59. The second kappa shape index (κ2) is 4.33. The van der Waals surface area contributed by atoms with Crippen LogP contribution in [-0.2, 0) is 6.42 Å². The molecule has 0 atom stereocenters. The Morgan fingerprint density at radius 1 is 1.47 bits per heavy atom. The van der Waals surface area contributed by atoms with Gasteiger partial charge in [0.15, 0.2) is 11.5 Å². The van der Waals surface area contributed by atoms with Gasteiger partial charge in [0.2, 0.25) is 0 Å². The Kier molecular flexibility index (Phi) is 3.07. The summed E-state index contributed by atoms with van der Waals surface area (Å²) >= 11 is 3.55. The third-order valence-corrected chi connectivity index (χ3v) is 3.05. The zero-order valence-corrected chi connectivity index (χ0v) is 10.4. The zero-order valence-electron chi connectivity index (χ0n) is 8.80. The maximum atomic E-state index is 5.49. The molecule has 1 heterocycles. The molecule has 0 aliphatic rings. The van der Waals surface area contributed by atoms with Gasteiger partial charge in [0, 0.05) is 11.4 Å². The number of nitrogens with zero attached hydrogens (tertiary/aromatic N) is 1. The van der Waals surface area contributed by atoms with Crippen LogP contribution in [0.1, 0.15) is 11.5 Å². The monoisotopic (exact) mass is 268 g/mol. The molecule has 0 unspecified atom stereocenters. The molecule has 15 heavy (non-hydrogen) atoms. The molecule has 3 nitrogen and oxygen atoms in total. The van der Waals surface area contributed by atoms with Crippen LogP contribution < -0.4 is 5.32 Å². The maximum absolute atomic E-state index is 5.49. The third-order valence-electron chi connectivity index (χ3n) is 2.31. The normalized spacial score (nSPS) is 11.1. The fraction of sp³-hybridized carbons (Fsp3) is 0.364. The molecule has 0 spiro atoms. The number of aromatic nitrogens is 1. The van der Waals surface area contributed by atoms with Crippen LogP contribution in [0.4, 0.5) is 0 Å². The second-order valence-electron chi connectivity index (χ2n) is 3.50. The van der Waals surface area contributed by atoms with E-state index in [1.165, 1.54) is 5.56 Å². The standard InChI is InChI=1S/C11H13BrN2O/c1-7-14-10-6-9(12)8(3-4-13-2)5-11(10)15-7/h5-6,13H,3-4H2,1-2H3. The molecule has 1 aromatic carbocycles. The van der Waals surface area contributed by atoms with E-state index < -0.39 is 0 Å². The Balaban J connectivity index is 2.42. The molecule has 80 valence electrons. The Morgan fingerprint density at radius 2 is 2.27 bits per heavy atom. The van der Waals surface area contributed by atoms with Crippen molar-refractivity contribution >= 4 is 27.0 Å². The topological polar surface area (TPSA) is 38.1 Å². The van der Waals surface area contributed by atoms with Gasteiger partial charge in [-0.05, 0) is 37.7 Å². The summed E-state index contributed by atoms with van der Waals surface area (Å²) in [5.41, 5.74) is 3.02. The highest BCUT2D eigenvalue weighted by molar-refractivity contribution is 9.10. The summed E-state index contributed by atoms with van der Waals surface area (Å²) in [7, 11) is 1.95. The van der Waals surface area contributed by atoms with Crippen LogP contribution in [0.5, 0.6) is 0 Å². The summed E-state index contributed by atoms with van der Waals surface area (Å²) in [6, 6.07) is 4.06. The molecule has 1 N–H and O–H groups in total. The van der Waals surface area contributed by atoms with E-state index in [-0.39, 0.29) is 0 Å². The molecule has 0 fully saturated rings. The Hall–Kier alpha value is -0.870. The minimum absolute atomic E-state index is 0.711. The first-order valence-electron chi connectivity index (χ1n) is 4.91. The van der Waals surface area contributed by atoms with Crippen molar-refractivity contribution < 1.29 is 4.42 Å². The lowest BCUT2D eigenvalue weighted by atomic mass is 10.1. The number of halogens is 1. The Labute approximate surface area is 97.0 Å². The van der Waals surface area contributed by atoms with Crippen LogP contribution in [0.2, 0.25) is 0 Å². The van der Waals surface area contributed by atoms with Crippen LogP contribution >= 0.6 is 15.9 Å². The van der Waals surface area contributed by atoms with Gasteiger partial charge < -0.3 is 9.73 Å². The average molecular weight is 269 g/mol. The van der Waals surface area contributed by atoms with E-state index in [9.17, 15) is 0 Å². The van der Waals surface area contributed by atoms with Crippen molar-refractivity contribution in [2.75, 3.05) is 13.6 Å². The van der Waals surface area contributed by atoms with Crippen molar-refractivity contribution in [1.82, 2.24) is 10.3 Å². The van der Waals surface area contributed by atoms with Crippen molar-refractivity contribution in [3.05, 3.63) is 28.1 Å². The van der Waals surface area contributed by atoms with Gasteiger partial charge in [0.1, 0.15) is 5.52 Å². The highest BCUT2D eigenvalue weighted by atomic mass is 79.9. The first kappa shape index (κ1) is 10.6. The molecular formula is C11H13BrN2O. The van der Waals surface area contributed by atoms with Gasteiger partial charge in [-0.15, -0.1) is 0 Å². The van der Waals surface area contributed by atoms with Crippen molar-refractivity contribution in [2.45, 2.75) is 13.3 Å². The van der Waals surface area contributed by atoms with Crippen LogP contribution in [0.15, 0.2) is 21.0 Å². The van der Waals surface area contributed by atoms with Crippen LogP contribution in [0.3, 0.4) is 0 Å². The SMILES string of the molecule is CNCCc1cc2oc(C)nc2cc1Br. The summed E-state index contributed by atoms with van der Waals surface area (Å²) in [5.74, 6) is 0.711. The lowest BCUT2D eigenvalue weighted by molar-refractivity contribution is 0.560. The highest BCUT2D eigenvalue weighted by Gasteiger charge is 2.07. The molecule has 2 aromatic rings. The highest BCUT2D eigenvalue weighted by Crippen LogP contribution is 2.25. The van der Waals surface area contributed by atoms with E-state index in [0.29, 0.717) is 5.89 Å². The van der Waals surface area contributed by atoms with Crippen LogP contribution in [-0.4, -0.2) is 18.6 Å². The predicted molar refractivity (Wildman–Crippen MR) is 64.1 cm³/mol. The summed E-state index contributed by atoms with van der Waals surface area (Å²) in [4.78, 5) is 4.28. The van der Waals surface area contributed by atoms with Gasteiger partial charge in [0.25, 0.3) is 0 Å². The lowest BCUT2D eigenvalue weighted by Gasteiger charge is -2.03. The van der Waals surface area contributed by atoms with Gasteiger partial charge >= 0.3 is 0 Å². The molecule has 4 heteroatoms. The quantitative estimate of drug-likeness (QED) is 0.930. The molecule has 0 radical (unpaired) electrons. The van der Waals surface area contributed by atoms with Gasteiger partial charge in [-0.25, -0.2) is 4.98 Å². The number of hydrogen-bond donors (Lipinski definition) is 1. The number of nitrogens with one attached hydrogen (secondary N) is 1. The molecule has 0 aliphatic carbocycles. The van der Waals surface area contributed by atoms with Gasteiger partial charge in [0.05, 0.1) is 0 Å². The first-order valence-corrected chi connectivity index (χ1v) is 5.70. The minimum atomic E-state index is 0.711. The van der Waals surface area contributed by atoms with Crippen molar-refractivity contribution in [3.63, 3.8) is 0 Å². The van der Waals surface area contributed by atoms with E-state index in [4.69, 9.17) is 4.42 Å². The number of hydrogen-bond acceptors (Lipinski definition) is 3. The molecule has 0 saturated heterocycles. The fourth-order valence-electron chi connectivity index (χ4n) is 1.56. The van der Waals surface area contributed by atoms with E-state index in [0.717, 1.165) is 28.5 Å². The molecular weight excluding hydrogens is 256 g/mol. The second-order valence-corrected chi connectivity index (χ2v) is 4.35. The summed E-state index contributed by atoms with van der Waals surface area (Å²) in [6.45, 7) is 2.82.